The molecule has 0 unspecified atom stereocenters. The predicted octanol–water partition coefficient (Wildman–Crippen LogP) is 5.51. The molecule has 3 nitrogen and oxygen atoms in total. The number of hydrogen-bond acceptors (Lipinski definition) is 3. The lowest BCUT2D eigenvalue weighted by Crippen LogP contribution is -2.06. The van der Waals surface area contributed by atoms with E-state index in [0.717, 1.165) is 25.9 Å². The van der Waals surface area contributed by atoms with Gasteiger partial charge in [-0.05, 0) is 43.3 Å². The first-order valence-electron chi connectivity index (χ1n) is 9.07. The van der Waals surface area contributed by atoms with Crippen molar-refractivity contribution in [2.75, 3.05) is 19.8 Å². The van der Waals surface area contributed by atoms with Gasteiger partial charge in [0.15, 0.2) is 14.3 Å². The Morgan fingerprint density at radius 2 is 1.37 bits per heavy atom. The Bertz CT molecular complexity index is 1070. The van der Waals surface area contributed by atoms with Crippen molar-refractivity contribution in [3.05, 3.63) is 83.0 Å². The second-order valence-corrected chi connectivity index (χ2v) is 8.11. The highest BCUT2D eigenvalue weighted by atomic mass is 32.2. The molecule has 0 saturated carbocycles. The monoisotopic (exact) mass is 377 g/mol. The van der Waals surface area contributed by atoms with Crippen molar-refractivity contribution in [2.45, 2.75) is 6.92 Å². The Morgan fingerprint density at radius 3 is 1.96 bits per heavy atom. The minimum atomic E-state index is -0.297. The first-order valence-corrected chi connectivity index (χ1v) is 10.3. The summed E-state index contributed by atoms with van der Waals surface area (Å²) in [5, 5.41) is 1.60. The Balaban J connectivity index is 1.81. The van der Waals surface area contributed by atoms with Crippen LogP contribution < -0.4 is 10.2 Å². The van der Waals surface area contributed by atoms with Crippen LogP contribution in [0.1, 0.15) is 6.92 Å². The molecule has 136 valence electrons. The zero-order valence-electron chi connectivity index (χ0n) is 15.2. The van der Waals surface area contributed by atoms with E-state index in [9.17, 15) is 4.79 Å². The van der Waals surface area contributed by atoms with Gasteiger partial charge >= 0.3 is 0 Å². The summed E-state index contributed by atoms with van der Waals surface area (Å²) < 4.78 is 13.2. The van der Waals surface area contributed by atoms with E-state index in [1.54, 1.807) is 0 Å². The maximum absolute atomic E-state index is 12.9. The van der Waals surface area contributed by atoms with E-state index in [4.69, 9.17) is 9.47 Å². The number of rotatable bonds is 6. The number of fused-ring (bicyclic) bond motifs is 2. The fraction of sp³-hybridized carbons (Fsp3) is 0.174. The van der Waals surface area contributed by atoms with Crippen molar-refractivity contribution in [1.82, 2.24) is 0 Å². The third kappa shape index (κ3) is 3.46. The lowest BCUT2D eigenvalue weighted by molar-refractivity contribution is 0.110. The van der Waals surface area contributed by atoms with E-state index in [1.807, 2.05) is 55.5 Å². The molecule has 0 radical (unpaired) electrons. The standard InChI is InChI=1S/C23H21O3S/c1-2-25-15-16-26-17-11-13-18(14-12-17)27-21-9-5-3-7-19(21)23(24)20-8-4-6-10-22(20)27/h3-14H,2,15-16H2,1H3/q+1. The quantitative estimate of drug-likeness (QED) is 0.253. The minimum Gasteiger partial charge on any atom is -0.491 e. The van der Waals surface area contributed by atoms with Gasteiger partial charge in [0, 0.05) is 29.2 Å². The van der Waals surface area contributed by atoms with E-state index in [1.165, 1.54) is 4.90 Å². The summed E-state index contributed by atoms with van der Waals surface area (Å²) in [7, 11) is -0.297. The van der Waals surface area contributed by atoms with Crippen LogP contribution in [-0.4, -0.2) is 19.8 Å². The second-order valence-electron chi connectivity index (χ2n) is 6.14. The van der Waals surface area contributed by atoms with Crippen LogP contribution in [0.4, 0.5) is 0 Å². The Labute approximate surface area is 160 Å². The maximum Gasteiger partial charge on any atom is 0.203 e. The maximum atomic E-state index is 12.9. The smallest absolute Gasteiger partial charge is 0.203 e. The summed E-state index contributed by atoms with van der Waals surface area (Å²) in [6, 6.07) is 24.1. The van der Waals surface area contributed by atoms with E-state index in [0.29, 0.717) is 19.8 Å². The fourth-order valence-electron chi connectivity index (χ4n) is 3.22. The molecular weight excluding hydrogens is 356 g/mol. The van der Waals surface area contributed by atoms with Crippen LogP contribution >= 0.6 is 10.5 Å². The molecule has 3 aromatic carbocycles. The van der Waals surface area contributed by atoms with Crippen molar-refractivity contribution in [3.63, 3.8) is 0 Å². The molecule has 0 aliphatic rings. The molecule has 0 saturated heterocycles. The summed E-state index contributed by atoms with van der Waals surface area (Å²) in [5.41, 5.74) is 0.112. The van der Waals surface area contributed by atoms with Crippen molar-refractivity contribution >= 4 is 30.6 Å². The first kappa shape index (κ1) is 17.7. The lowest BCUT2D eigenvalue weighted by Gasteiger charge is -2.06. The van der Waals surface area contributed by atoms with Gasteiger partial charge in [-0.3, -0.25) is 4.79 Å². The van der Waals surface area contributed by atoms with E-state index in [2.05, 4.69) is 24.3 Å². The van der Waals surface area contributed by atoms with Gasteiger partial charge in [-0.2, -0.15) is 0 Å². The van der Waals surface area contributed by atoms with Gasteiger partial charge < -0.3 is 9.47 Å². The largest absolute Gasteiger partial charge is 0.491 e. The molecule has 0 aliphatic carbocycles. The highest BCUT2D eigenvalue weighted by Crippen LogP contribution is 2.43. The van der Waals surface area contributed by atoms with Crippen LogP contribution in [0.5, 0.6) is 5.75 Å². The van der Waals surface area contributed by atoms with Crippen LogP contribution in [-0.2, 0) is 4.74 Å². The summed E-state index contributed by atoms with van der Waals surface area (Å²) in [6.07, 6.45) is 0. The summed E-state index contributed by atoms with van der Waals surface area (Å²) >= 11 is 0. The van der Waals surface area contributed by atoms with E-state index in [-0.39, 0.29) is 15.9 Å². The van der Waals surface area contributed by atoms with Gasteiger partial charge in [-0.25, -0.2) is 0 Å². The predicted molar refractivity (Wildman–Crippen MR) is 114 cm³/mol. The molecule has 4 heteroatoms. The zero-order valence-corrected chi connectivity index (χ0v) is 16.0. The normalized spacial score (nSPS) is 11.1. The average Bonchev–Trinajstić information content (AvgIpc) is 2.72. The molecule has 4 aromatic rings. The van der Waals surface area contributed by atoms with Crippen LogP contribution in [0.2, 0.25) is 0 Å². The third-order valence-corrected chi connectivity index (χ3v) is 6.80. The lowest BCUT2D eigenvalue weighted by atomic mass is 10.2. The third-order valence-electron chi connectivity index (χ3n) is 4.46. The molecule has 0 N–H and O–H groups in total. The highest BCUT2D eigenvalue weighted by molar-refractivity contribution is 7.49. The van der Waals surface area contributed by atoms with Crippen LogP contribution in [0.3, 0.4) is 0 Å². The van der Waals surface area contributed by atoms with Crippen LogP contribution in [0.15, 0.2) is 77.6 Å². The Kier molecular flexibility index (Phi) is 5.19. The summed E-state index contributed by atoms with van der Waals surface area (Å²) in [5.74, 6) is 0.830. The second kappa shape index (κ2) is 7.91. The Hall–Kier alpha value is -2.69. The van der Waals surface area contributed by atoms with Crippen LogP contribution in [0.25, 0.3) is 25.1 Å². The van der Waals surface area contributed by atoms with Gasteiger partial charge in [-0.15, -0.1) is 0 Å². The molecule has 1 aromatic heterocycles. The average molecular weight is 377 g/mol. The molecule has 0 fully saturated rings. The van der Waals surface area contributed by atoms with Crippen molar-refractivity contribution in [1.29, 1.82) is 0 Å². The molecule has 0 bridgehead atoms. The molecule has 0 spiro atoms. The van der Waals surface area contributed by atoms with Gasteiger partial charge in [0.1, 0.15) is 12.4 Å². The topological polar surface area (TPSA) is 35.5 Å². The SMILES string of the molecule is CCOCCOc1ccc(-[s+]2c3ccccc3c(=O)c3ccccc32)cc1. The van der Waals surface area contributed by atoms with Crippen molar-refractivity contribution < 1.29 is 9.47 Å². The summed E-state index contributed by atoms with van der Waals surface area (Å²) in [6.45, 7) is 3.80. The number of benzene rings is 3. The van der Waals surface area contributed by atoms with Gasteiger partial charge in [-0.1, -0.05) is 24.3 Å². The van der Waals surface area contributed by atoms with Gasteiger partial charge in [0.25, 0.3) is 0 Å². The minimum absolute atomic E-state index is 0.112. The summed E-state index contributed by atoms with van der Waals surface area (Å²) in [4.78, 5) is 14.1. The molecule has 4 rings (SSSR count). The van der Waals surface area contributed by atoms with E-state index >= 15 is 0 Å². The van der Waals surface area contributed by atoms with Crippen LogP contribution in [0, 0.1) is 0 Å². The number of ether oxygens (including phenoxy) is 2. The number of hydrogen-bond donors (Lipinski definition) is 0. The van der Waals surface area contributed by atoms with Gasteiger partial charge in [0.2, 0.25) is 5.43 Å². The van der Waals surface area contributed by atoms with Crippen molar-refractivity contribution in [2.24, 2.45) is 0 Å². The molecular formula is C23H21O3S+. The van der Waals surface area contributed by atoms with Gasteiger partial charge in [0.05, 0.1) is 17.4 Å². The molecule has 1 heterocycles. The Morgan fingerprint density at radius 1 is 0.778 bits per heavy atom. The molecule has 0 atom stereocenters. The highest BCUT2D eigenvalue weighted by Gasteiger charge is 2.22. The van der Waals surface area contributed by atoms with Crippen molar-refractivity contribution in [3.8, 4) is 10.6 Å². The zero-order chi connectivity index (χ0) is 18.6. The molecule has 0 amide bonds. The first-order chi connectivity index (χ1) is 13.3. The molecule has 27 heavy (non-hydrogen) atoms. The fourth-order valence-corrected chi connectivity index (χ4v) is 5.56. The van der Waals surface area contributed by atoms with E-state index < -0.39 is 0 Å². The molecule has 0 aliphatic heterocycles.